The zero-order valence-electron chi connectivity index (χ0n) is 27.8. The van der Waals surface area contributed by atoms with E-state index in [0.717, 1.165) is 18.2 Å². The fourth-order valence-corrected chi connectivity index (χ4v) is 6.35. The highest BCUT2D eigenvalue weighted by Gasteiger charge is 2.52. The van der Waals surface area contributed by atoms with Crippen molar-refractivity contribution in [3.63, 3.8) is 0 Å². The Morgan fingerprint density at radius 3 is 2.04 bits per heavy atom. The average molecular weight is 759 g/mol. The maximum Gasteiger partial charge on any atom is 0.229 e. The Kier molecular flexibility index (Phi) is 11.5. The van der Waals surface area contributed by atoms with Gasteiger partial charge in [0.2, 0.25) is 6.29 Å². The summed E-state index contributed by atoms with van der Waals surface area (Å²) in [6.45, 7) is -0.0521. The second-order valence-electron chi connectivity index (χ2n) is 13.1. The minimum atomic E-state index is -1.99. The molecule has 4 heterocycles. The van der Waals surface area contributed by atoms with Crippen molar-refractivity contribution in [2.24, 2.45) is 0 Å². The topological polar surface area (TPSA) is 328 Å². The average Bonchev–Trinajstić information content (AvgIpc) is 3.12. The lowest BCUT2D eigenvalue weighted by atomic mass is 9.96. The van der Waals surface area contributed by atoms with Gasteiger partial charge in [-0.05, 0) is 31.2 Å². The first-order valence-corrected chi connectivity index (χ1v) is 16.5. The van der Waals surface area contributed by atoms with Gasteiger partial charge in [0.25, 0.3) is 0 Å². The van der Waals surface area contributed by atoms with Gasteiger partial charge >= 0.3 is 0 Å². The Hall–Kier alpha value is -3.58. The molecule has 1 aliphatic carbocycles. The fourth-order valence-electron chi connectivity index (χ4n) is 6.35. The number of aliphatic hydroxyl groups is 11. The number of allylic oxidation sites excluding steroid dienone is 2. The lowest BCUT2D eigenvalue weighted by molar-refractivity contribution is -0.367. The fraction of sp³-hybridized carbons (Fsp3) is 0.576. The van der Waals surface area contributed by atoms with Crippen LogP contribution in [0.25, 0.3) is 5.76 Å². The molecular formula is C33H42O20. The highest BCUT2D eigenvalue weighted by Crippen LogP contribution is 2.40. The van der Waals surface area contributed by atoms with Crippen molar-refractivity contribution in [1.29, 1.82) is 0 Å². The third kappa shape index (κ3) is 7.70. The molecule has 0 aromatic heterocycles. The Morgan fingerprint density at radius 1 is 0.679 bits per heavy atom. The molecule has 20 heteroatoms. The second kappa shape index (κ2) is 15.6. The highest BCUT2D eigenvalue weighted by molar-refractivity contribution is 5.70. The molecule has 0 radical (unpaired) electrons. The normalized spacial score (nSPS) is 41.8. The van der Waals surface area contributed by atoms with Crippen molar-refractivity contribution in [2.45, 2.75) is 105 Å². The Morgan fingerprint density at radius 2 is 1.34 bits per heavy atom. The zero-order valence-corrected chi connectivity index (χ0v) is 27.8. The van der Waals surface area contributed by atoms with Gasteiger partial charge in [-0.2, -0.15) is 0 Å². The molecule has 53 heavy (non-hydrogen) atoms. The molecule has 1 aromatic carbocycles. The van der Waals surface area contributed by atoms with Gasteiger partial charge in [0, 0.05) is 23.3 Å². The lowest BCUT2D eigenvalue weighted by Gasteiger charge is -2.46. The van der Waals surface area contributed by atoms with Crippen LogP contribution in [0, 0.1) is 0 Å². The van der Waals surface area contributed by atoms with Gasteiger partial charge in [0.05, 0.1) is 19.3 Å². The summed E-state index contributed by atoms with van der Waals surface area (Å²) in [5, 5.41) is 135. The van der Waals surface area contributed by atoms with Crippen LogP contribution in [-0.2, 0) is 33.2 Å². The minimum Gasteiger partial charge on any atom is -0.508 e. The van der Waals surface area contributed by atoms with Crippen LogP contribution in [0.5, 0.6) is 11.5 Å². The monoisotopic (exact) mass is 758 g/mol. The maximum absolute atomic E-state index is 11.4. The Balaban J connectivity index is 1.35. The molecule has 16 atom stereocenters. The molecule has 4 aliphatic heterocycles. The molecular weight excluding hydrogens is 716 g/mol. The molecule has 3 fully saturated rings. The van der Waals surface area contributed by atoms with E-state index in [2.05, 4.69) is 0 Å². The maximum atomic E-state index is 11.4. The number of fused-ring (bicyclic) bond motifs is 1. The van der Waals surface area contributed by atoms with E-state index in [0.29, 0.717) is 0 Å². The zero-order chi connectivity index (χ0) is 38.5. The lowest BCUT2D eigenvalue weighted by Crippen LogP contribution is -2.65. The molecule has 16 unspecified atom stereocenters. The smallest absolute Gasteiger partial charge is 0.229 e. The molecule has 1 aromatic rings. The van der Waals surface area contributed by atoms with E-state index in [4.69, 9.17) is 33.2 Å². The van der Waals surface area contributed by atoms with Gasteiger partial charge in [-0.1, -0.05) is 0 Å². The highest BCUT2D eigenvalue weighted by atomic mass is 16.8. The predicted octanol–water partition coefficient (Wildman–Crippen LogP) is -3.52. The number of ether oxygens (including phenoxy) is 7. The summed E-state index contributed by atoms with van der Waals surface area (Å²) in [7, 11) is 0. The van der Waals surface area contributed by atoms with Crippen molar-refractivity contribution < 1.29 is 99.5 Å². The van der Waals surface area contributed by atoms with E-state index in [1.807, 2.05) is 0 Å². The van der Waals surface area contributed by atoms with E-state index < -0.39 is 129 Å². The van der Waals surface area contributed by atoms with Crippen molar-refractivity contribution in [2.75, 3.05) is 13.2 Å². The number of hydrogen-bond donors (Lipinski definition) is 13. The third-order valence-electron chi connectivity index (χ3n) is 9.46. The number of benzene rings is 1. The summed E-state index contributed by atoms with van der Waals surface area (Å²) in [6.07, 6.45) is -23.0. The SMILES string of the molecule is CC1OC(OCC2OC(OC3=C(c4ccc(O)c(O)c4)OC4C=C(O)C=C(O)C4=C3)C(OC3OC(CO)C(O)C(O)C3O)C(O)C2O)C(O)C(O)C1O. The largest absolute Gasteiger partial charge is 0.508 e. The first kappa shape index (κ1) is 39.1. The van der Waals surface area contributed by atoms with Gasteiger partial charge in [0.1, 0.15) is 78.7 Å². The Bertz CT molecular complexity index is 1610. The van der Waals surface area contributed by atoms with Gasteiger partial charge in [-0.3, -0.25) is 0 Å². The molecule has 13 N–H and O–H groups in total. The quantitative estimate of drug-likeness (QED) is 0.109. The molecule has 0 saturated carbocycles. The third-order valence-corrected chi connectivity index (χ3v) is 9.46. The van der Waals surface area contributed by atoms with Crippen LogP contribution < -0.4 is 0 Å². The van der Waals surface area contributed by atoms with E-state index >= 15 is 0 Å². The van der Waals surface area contributed by atoms with Crippen LogP contribution >= 0.6 is 0 Å². The van der Waals surface area contributed by atoms with E-state index in [9.17, 15) is 66.4 Å². The van der Waals surface area contributed by atoms with Crippen LogP contribution in [0.1, 0.15) is 12.5 Å². The van der Waals surface area contributed by atoms with E-state index in [1.165, 1.54) is 25.1 Å². The van der Waals surface area contributed by atoms with Gasteiger partial charge < -0.3 is 99.5 Å². The Labute approximate surface area is 300 Å². The summed E-state index contributed by atoms with van der Waals surface area (Å²) in [4.78, 5) is 0. The first-order chi connectivity index (χ1) is 25.1. The minimum absolute atomic E-state index is 0.0607. The first-order valence-electron chi connectivity index (χ1n) is 16.5. The summed E-state index contributed by atoms with van der Waals surface area (Å²) in [6, 6.07) is 3.57. The van der Waals surface area contributed by atoms with E-state index in [1.54, 1.807) is 0 Å². The molecule has 3 saturated heterocycles. The number of phenolic OH excluding ortho intramolecular Hbond substituents is 2. The second-order valence-corrected chi connectivity index (χ2v) is 13.1. The molecule has 0 bridgehead atoms. The van der Waals surface area contributed by atoms with Gasteiger partial charge in [-0.25, -0.2) is 0 Å². The molecule has 20 nitrogen and oxygen atoms in total. The van der Waals surface area contributed by atoms with Crippen molar-refractivity contribution in [3.05, 3.63) is 64.8 Å². The van der Waals surface area contributed by atoms with Crippen LogP contribution in [0.2, 0.25) is 0 Å². The predicted molar refractivity (Wildman–Crippen MR) is 170 cm³/mol. The molecule has 6 rings (SSSR count). The summed E-state index contributed by atoms with van der Waals surface area (Å²) >= 11 is 0. The van der Waals surface area contributed by atoms with Crippen LogP contribution in [0.4, 0.5) is 0 Å². The summed E-state index contributed by atoms with van der Waals surface area (Å²) < 4.78 is 40.5. The summed E-state index contributed by atoms with van der Waals surface area (Å²) in [5.74, 6) is -2.26. The standard InChI is InChI=1S/C33H42O20/c1-10-21(39)24(42)27(45)31(48-10)47-9-20-23(41)26(44)30(53-32-28(46)25(43)22(40)19(8-34)51-32)33(52-20)50-18-7-13-15(37)5-12(35)6-17(13)49-29(18)11-2-3-14(36)16(38)4-11/h2-7,10,17,19-28,30-46H,8-9H2,1H3. The number of aliphatic hydroxyl groups excluding tert-OH is 11. The molecule has 0 amide bonds. The van der Waals surface area contributed by atoms with Crippen molar-refractivity contribution in [1.82, 2.24) is 0 Å². The van der Waals surface area contributed by atoms with Crippen molar-refractivity contribution >= 4 is 5.76 Å². The van der Waals surface area contributed by atoms with Crippen molar-refractivity contribution in [3.8, 4) is 11.5 Å². The number of phenols is 2. The molecule has 294 valence electrons. The van der Waals surface area contributed by atoms with Crippen LogP contribution in [0.15, 0.2) is 59.3 Å². The molecule has 0 spiro atoms. The molecule has 5 aliphatic rings. The van der Waals surface area contributed by atoms with Gasteiger partial charge in [-0.15, -0.1) is 0 Å². The number of hydrogen-bond acceptors (Lipinski definition) is 20. The number of aromatic hydroxyl groups is 2. The van der Waals surface area contributed by atoms with Crippen LogP contribution in [0.3, 0.4) is 0 Å². The van der Waals surface area contributed by atoms with Crippen LogP contribution in [-0.4, -0.2) is 178 Å². The van der Waals surface area contributed by atoms with E-state index in [-0.39, 0.29) is 28.4 Å². The van der Waals surface area contributed by atoms with Gasteiger partial charge in [0.15, 0.2) is 41.7 Å². The summed E-state index contributed by atoms with van der Waals surface area (Å²) in [5.41, 5.74) is 0.152. The number of rotatable bonds is 9.